The molecular weight excluding hydrogens is 592 g/mol. The number of hydrogen-bond donors (Lipinski definition) is 0. The van der Waals surface area contributed by atoms with Gasteiger partial charge < -0.3 is 33.2 Å². The van der Waals surface area contributed by atoms with E-state index in [1.807, 2.05) is 0 Å². The minimum atomic E-state index is -0.556. The minimum Gasteiger partial charge on any atom is -0.375 e. The molecule has 0 aromatic heterocycles. The fraction of sp³-hybridized carbons (Fsp3) is 1.00. The maximum absolute atomic E-state index is 7.19. The van der Waals surface area contributed by atoms with Crippen molar-refractivity contribution >= 4 is 0 Å². The van der Waals surface area contributed by atoms with Crippen LogP contribution >= 0.6 is 0 Å². The van der Waals surface area contributed by atoms with Gasteiger partial charge in [-0.3, -0.25) is 0 Å². The molecule has 0 saturated heterocycles. The summed E-state index contributed by atoms with van der Waals surface area (Å²) in [5.74, 6) is 0. The topological polar surface area (TPSA) is 64.6 Å². The van der Waals surface area contributed by atoms with Crippen LogP contribution in [0.2, 0.25) is 0 Å². The summed E-state index contributed by atoms with van der Waals surface area (Å²) in [6, 6.07) is 0. The highest BCUT2D eigenvalue weighted by Crippen LogP contribution is 2.42. The summed E-state index contributed by atoms with van der Waals surface area (Å²) < 4.78 is 46.2. The largest absolute Gasteiger partial charge is 0.375 e. The van der Waals surface area contributed by atoms with Crippen LogP contribution in [0.1, 0.15) is 165 Å². The molecule has 0 unspecified atom stereocenters. The second-order valence-electron chi connectivity index (χ2n) is 21.4. The number of rotatable bonds is 18. The Balaban J connectivity index is 6.73. The van der Waals surface area contributed by atoms with Crippen molar-refractivity contribution in [2.24, 2.45) is 10.8 Å². The van der Waals surface area contributed by atoms with E-state index in [9.17, 15) is 0 Å². The summed E-state index contributed by atoms with van der Waals surface area (Å²) in [5.41, 5.74) is -3.90. The van der Waals surface area contributed by atoms with Crippen molar-refractivity contribution in [3.05, 3.63) is 0 Å². The first-order valence-electron chi connectivity index (χ1n) is 17.9. The normalized spacial score (nSPS) is 15.4. The van der Waals surface area contributed by atoms with E-state index in [1.165, 1.54) is 0 Å². The lowest BCUT2D eigenvalue weighted by atomic mass is 9.77. The van der Waals surface area contributed by atoms with Crippen molar-refractivity contribution in [1.29, 1.82) is 0 Å². The van der Waals surface area contributed by atoms with Gasteiger partial charge in [-0.1, -0.05) is 0 Å². The Bertz CT molecular complexity index is 729. The lowest BCUT2D eigenvalue weighted by Crippen LogP contribution is -2.52. The van der Waals surface area contributed by atoms with E-state index in [1.54, 1.807) is 0 Å². The molecule has 0 aliphatic carbocycles. The first-order valence-corrected chi connectivity index (χ1v) is 17.9. The molecule has 0 aliphatic rings. The van der Waals surface area contributed by atoms with Crippen molar-refractivity contribution in [2.45, 2.75) is 210 Å². The standard InChI is InChI=1S/C40H82O7/c1-31(2,3)41-25-39(26-42-32(4,5)6,27-43-33(7,8)9)23-37(19,20)47-38(21,22)24-40(28-44-34(10,11)12,29-45-35(13,14)15)30-46-36(16,17)18/h23-30H2,1-22H3. The Morgan fingerprint density at radius 1 is 0.255 bits per heavy atom. The first-order chi connectivity index (χ1) is 20.4. The maximum atomic E-state index is 7.19. The molecule has 0 bridgehead atoms. The fourth-order valence-electron chi connectivity index (χ4n) is 5.40. The van der Waals surface area contributed by atoms with Crippen LogP contribution in [-0.2, 0) is 33.2 Å². The molecule has 0 spiro atoms. The van der Waals surface area contributed by atoms with E-state index >= 15 is 0 Å². The monoisotopic (exact) mass is 675 g/mol. The van der Waals surface area contributed by atoms with Crippen LogP contribution in [-0.4, -0.2) is 84.4 Å². The SMILES string of the molecule is CC(C)(C)OCC(COC(C)(C)C)(COC(C)(C)C)CC(C)(C)OC(C)(C)CC(COC(C)(C)C)(COC(C)(C)C)COC(C)(C)C. The van der Waals surface area contributed by atoms with E-state index in [4.69, 9.17) is 33.2 Å². The van der Waals surface area contributed by atoms with Gasteiger partial charge in [0.15, 0.2) is 0 Å². The van der Waals surface area contributed by atoms with Crippen LogP contribution in [0.25, 0.3) is 0 Å². The van der Waals surface area contributed by atoms with Gasteiger partial charge in [-0.05, 0) is 165 Å². The molecule has 7 heteroatoms. The maximum Gasteiger partial charge on any atom is 0.0641 e. The average Bonchev–Trinajstić information content (AvgIpc) is 2.77. The van der Waals surface area contributed by atoms with Crippen molar-refractivity contribution < 1.29 is 33.2 Å². The van der Waals surface area contributed by atoms with Gasteiger partial charge in [0.05, 0.1) is 84.4 Å². The van der Waals surface area contributed by atoms with Gasteiger partial charge in [-0.2, -0.15) is 0 Å². The lowest BCUT2D eigenvalue weighted by Gasteiger charge is -2.48. The molecule has 0 N–H and O–H groups in total. The van der Waals surface area contributed by atoms with Crippen molar-refractivity contribution in [3.8, 4) is 0 Å². The zero-order valence-electron chi connectivity index (χ0n) is 35.5. The summed E-state index contributed by atoms with van der Waals surface area (Å²) in [6.07, 6.45) is 1.35. The Labute approximate surface area is 293 Å². The second kappa shape index (κ2) is 16.4. The van der Waals surface area contributed by atoms with Crippen molar-refractivity contribution in [1.82, 2.24) is 0 Å². The summed E-state index contributed by atoms with van der Waals surface area (Å²) >= 11 is 0. The highest BCUT2D eigenvalue weighted by atomic mass is 16.5. The molecular formula is C40H82O7. The highest BCUT2D eigenvalue weighted by molar-refractivity contribution is 4.94. The quantitative estimate of drug-likeness (QED) is 0.143. The van der Waals surface area contributed by atoms with Gasteiger partial charge in [0.1, 0.15) is 0 Å². The van der Waals surface area contributed by atoms with E-state index in [0.29, 0.717) is 52.5 Å². The molecule has 0 fully saturated rings. The molecule has 7 nitrogen and oxygen atoms in total. The molecule has 0 amide bonds. The zero-order valence-corrected chi connectivity index (χ0v) is 35.5. The summed E-state index contributed by atoms with van der Waals surface area (Å²) in [5, 5.41) is 0. The molecule has 0 atom stereocenters. The van der Waals surface area contributed by atoms with Crippen molar-refractivity contribution in [3.63, 3.8) is 0 Å². The summed E-state index contributed by atoms with van der Waals surface area (Å²) in [7, 11) is 0. The van der Waals surface area contributed by atoms with Gasteiger partial charge in [0, 0.05) is 10.8 Å². The molecule has 0 aromatic rings. The van der Waals surface area contributed by atoms with Gasteiger partial charge in [-0.15, -0.1) is 0 Å². The van der Waals surface area contributed by atoms with Crippen LogP contribution in [0.3, 0.4) is 0 Å². The van der Waals surface area contributed by atoms with E-state index in [-0.39, 0.29) is 33.6 Å². The number of ether oxygens (including phenoxy) is 7. The van der Waals surface area contributed by atoms with Crippen LogP contribution in [0.4, 0.5) is 0 Å². The molecule has 284 valence electrons. The van der Waals surface area contributed by atoms with Gasteiger partial charge in [0.2, 0.25) is 0 Å². The van der Waals surface area contributed by atoms with E-state index < -0.39 is 22.0 Å². The first kappa shape index (κ1) is 46.7. The van der Waals surface area contributed by atoms with Gasteiger partial charge in [-0.25, -0.2) is 0 Å². The minimum absolute atomic E-state index is 0.314. The Morgan fingerprint density at radius 3 is 0.532 bits per heavy atom. The molecule has 0 aliphatic heterocycles. The summed E-state index contributed by atoms with van der Waals surface area (Å²) in [6.45, 7) is 49.3. The van der Waals surface area contributed by atoms with E-state index in [2.05, 4.69) is 152 Å². The molecule has 0 aromatic carbocycles. The Kier molecular flexibility index (Phi) is 16.3. The highest BCUT2D eigenvalue weighted by Gasteiger charge is 2.46. The summed E-state index contributed by atoms with van der Waals surface area (Å²) in [4.78, 5) is 0. The Hall–Kier alpha value is -0.280. The predicted molar refractivity (Wildman–Crippen MR) is 198 cm³/mol. The molecule has 47 heavy (non-hydrogen) atoms. The third kappa shape index (κ3) is 24.5. The molecule has 0 saturated carbocycles. The van der Waals surface area contributed by atoms with Crippen molar-refractivity contribution in [2.75, 3.05) is 39.6 Å². The van der Waals surface area contributed by atoms with Crippen LogP contribution in [0.5, 0.6) is 0 Å². The van der Waals surface area contributed by atoms with Crippen LogP contribution in [0.15, 0.2) is 0 Å². The third-order valence-corrected chi connectivity index (χ3v) is 7.02. The van der Waals surface area contributed by atoms with Gasteiger partial charge in [0.25, 0.3) is 0 Å². The Morgan fingerprint density at radius 2 is 0.404 bits per heavy atom. The van der Waals surface area contributed by atoms with Crippen LogP contribution < -0.4 is 0 Å². The lowest BCUT2D eigenvalue weighted by molar-refractivity contribution is -0.212. The molecule has 0 radical (unpaired) electrons. The second-order valence-corrected chi connectivity index (χ2v) is 21.4. The van der Waals surface area contributed by atoms with E-state index in [0.717, 1.165) is 0 Å². The third-order valence-electron chi connectivity index (χ3n) is 7.02. The molecule has 0 rings (SSSR count). The number of hydrogen-bond acceptors (Lipinski definition) is 7. The zero-order chi connectivity index (χ0) is 37.6. The fourth-order valence-corrected chi connectivity index (χ4v) is 5.40. The predicted octanol–water partition coefficient (Wildman–Crippen LogP) is 10.2. The molecule has 0 heterocycles. The smallest absolute Gasteiger partial charge is 0.0641 e. The average molecular weight is 675 g/mol. The van der Waals surface area contributed by atoms with Gasteiger partial charge >= 0.3 is 0 Å². The van der Waals surface area contributed by atoms with Crippen LogP contribution in [0, 0.1) is 10.8 Å².